The fourth-order valence-corrected chi connectivity index (χ4v) is 1.91. The van der Waals surface area contributed by atoms with Gasteiger partial charge in [0.25, 0.3) is 0 Å². The first-order valence-electron chi connectivity index (χ1n) is 6.18. The first kappa shape index (κ1) is 13.0. The topological polar surface area (TPSA) is 15.3 Å². The summed E-state index contributed by atoms with van der Waals surface area (Å²) in [7, 11) is 0. The Bertz CT molecular complexity index is 268. The van der Waals surface area contributed by atoms with Crippen LogP contribution < -0.4 is 5.32 Å². The van der Waals surface area contributed by atoms with E-state index in [2.05, 4.69) is 42.8 Å². The zero-order valence-corrected chi connectivity index (χ0v) is 10.6. The lowest BCUT2D eigenvalue weighted by Crippen LogP contribution is -2.27. The first-order valence-corrected chi connectivity index (χ1v) is 6.18. The highest BCUT2D eigenvalue weighted by molar-refractivity contribution is 5.17. The van der Waals surface area contributed by atoms with Crippen molar-refractivity contribution in [2.75, 3.05) is 26.2 Å². The Hall–Kier alpha value is -1.02. The number of hydrogen-bond acceptors (Lipinski definition) is 2. The third-order valence-corrected chi connectivity index (χ3v) is 3.03. The molecule has 0 spiro atoms. The van der Waals surface area contributed by atoms with Crippen molar-refractivity contribution in [2.24, 2.45) is 0 Å². The van der Waals surface area contributed by atoms with Crippen LogP contribution in [0.4, 0.5) is 0 Å². The molecule has 16 heavy (non-hydrogen) atoms. The van der Waals surface area contributed by atoms with Crippen LogP contribution in [0.15, 0.2) is 36.1 Å². The fraction of sp³-hybridized carbons (Fsp3) is 0.571. The van der Waals surface area contributed by atoms with Crippen LogP contribution in [-0.2, 0) is 0 Å². The normalized spacial score (nSPS) is 19.5. The van der Waals surface area contributed by atoms with E-state index in [1.807, 2.05) is 6.08 Å². The van der Waals surface area contributed by atoms with Crippen LogP contribution >= 0.6 is 0 Å². The van der Waals surface area contributed by atoms with E-state index < -0.39 is 0 Å². The standard InChI is InChI=1S/C14H24N2/c1-4-13(3)7-8-14(5-2)16-11-6-9-15-10-12-16/h4-5,7,15H,1,6,8-12H2,2-3H3/b13-7-,14-5+. The molecule has 1 aliphatic heterocycles. The molecule has 0 radical (unpaired) electrons. The average molecular weight is 220 g/mol. The van der Waals surface area contributed by atoms with Crippen LogP contribution in [0.5, 0.6) is 0 Å². The van der Waals surface area contributed by atoms with Gasteiger partial charge in [-0.05, 0) is 26.8 Å². The predicted octanol–water partition coefficient (Wildman–Crippen LogP) is 2.71. The van der Waals surface area contributed by atoms with Crippen molar-refractivity contribution in [1.29, 1.82) is 0 Å². The summed E-state index contributed by atoms with van der Waals surface area (Å²) in [5.41, 5.74) is 2.69. The molecule has 2 nitrogen and oxygen atoms in total. The highest BCUT2D eigenvalue weighted by Crippen LogP contribution is 2.13. The van der Waals surface area contributed by atoms with Crippen LogP contribution in [-0.4, -0.2) is 31.1 Å². The van der Waals surface area contributed by atoms with Gasteiger partial charge in [0.05, 0.1) is 0 Å². The minimum Gasteiger partial charge on any atom is -0.374 e. The summed E-state index contributed by atoms with van der Waals surface area (Å²) in [4.78, 5) is 2.49. The maximum absolute atomic E-state index is 3.78. The summed E-state index contributed by atoms with van der Waals surface area (Å²) in [6, 6.07) is 0. The fourth-order valence-electron chi connectivity index (χ4n) is 1.91. The lowest BCUT2D eigenvalue weighted by atomic mass is 10.2. The second kappa shape index (κ2) is 7.29. The van der Waals surface area contributed by atoms with E-state index in [1.54, 1.807) is 0 Å². The molecule has 1 rings (SSSR count). The second-order valence-corrected chi connectivity index (χ2v) is 4.23. The molecular weight excluding hydrogens is 196 g/mol. The number of hydrogen-bond donors (Lipinski definition) is 1. The lowest BCUT2D eigenvalue weighted by Gasteiger charge is -2.24. The van der Waals surface area contributed by atoms with Crippen LogP contribution in [0.2, 0.25) is 0 Å². The van der Waals surface area contributed by atoms with Gasteiger partial charge >= 0.3 is 0 Å². The largest absolute Gasteiger partial charge is 0.374 e. The van der Waals surface area contributed by atoms with Crippen LogP contribution in [0, 0.1) is 0 Å². The Kier molecular flexibility index (Phi) is 5.94. The molecular formula is C14H24N2. The van der Waals surface area contributed by atoms with Crippen molar-refractivity contribution in [3.8, 4) is 0 Å². The van der Waals surface area contributed by atoms with E-state index in [1.165, 1.54) is 24.2 Å². The van der Waals surface area contributed by atoms with Crippen molar-refractivity contribution in [1.82, 2.24) is 10.2 Å². The summed E-state index contributed by atoms with van der Waals surface area (Å²) in [6.07, 6.45) is 8.66. The molecule has 1 saturated heterocycles. The lowest BCUT2D eigenvalue weighted by molar-refractivity contribution is 0.360. The molecule has 0 atom stereocenters. The molecule has 0 aromatic heterocycles. The maximum atomic E-state index is 3.78. The van der Waals surface area contributed by atoms with Crippen molar-refractivity contribution >= 4 is 0 Å². The van der Waals surface area contributed by atoms with Gasteiger partial charge in [-0.2, -0.15) is 0 Å². The van der Waals surface area contributed by atoms with E-state index in [0.717, 1.165) is 26.1 Å². The molecule has 1 aliphatic rings. The van der Waals surface area contributed by atoms with Crippen molar-refractivity contribution in [3.63, 3.8) is 0 Å². The summed E-state index contributed by atoms with van der Waals surface area (Å²) in [5.74, 6) is 0. The zero-order valence-electron chi connectivity index (χ0n) is 10.6. The molecule has 1 fully saturated rings. The minimum atomic E-state index is 1.02. The monoisotopic (exact) mass is 220 g/mol. The third kappa shape index (κ3) is 4.23. The van der Waals surface area contributed by atoms with E-state index in [-0.39, 0.29) is 0 Å². The van der Waals surface area contributed by atoms with Crippen molar-refractivity contribution in [3.05, 3.63) is 36.1 Å². The number of nitrogens with zero attached hydrogens (tertiary/aromatic N) is 1. The van der Waals surface area contributed by atoms with Gasteiger partial charge in [0.1, 0.15) is 0 Å². The second-order valence-electron chi connectivity index (χ2n) is 4.23. The Morgan fingerprint density at radius 1 is 1.38 bits per heavy atom. The predicted molar refractivity (Wildman–Crippen MR) is 71.4 cm³/mol. The molecule has 0 aromatic carbocycles. The highest BCUT2D eigenvalue weighted by Gasteiger charge is 2.09. The molecule has 0 aromatic rings. The van der Waals surface area contributed by atoms with Gasteiger partial charge in [-0.25, -0.2) is 0 Å². The smallest absolute Gasteiger partial charge is 0.0300 e. The molecule has 0 aliphatic carbocycles. The molecule has 1 heterocycles. The quantitative estimate of drug-likeness (QED) is 0.733. The van der Waals surface area contributed by atoms with Gasteiger partial charge in [-0.15, -0.1) is 0 Å². The molecule has 2 heteroatoms. The van der Waals surface area contributed by atoms with E-state index >= 15 is 0 Å². The minimum absolute atomic E-state index is 1.02. The first-order chi connectivity index (χ1) is 7.77. The SMILES string of the molecule is C=C/C(C)=C\C/C(=C\C)N1CCCNCC1. The molecule has 0 bridgehead atoms. The van der Waals surface area contributed by atoms with Crippen molar-refractivity contribution < 1.29 is 0 Å². The van der Waals surface area contributed by atoms with Gasteiger partial charge in [0.2, 0.25) is 0 Å². The summed E-state index contributed by atoms with van der Waals surface area (Å²) < 4.78 is 0. The van der Waals surface area contributed by atoms with E-state index in [9.17, 15) is 0 Å². The average Bonchev–Trinajstić information content (AvgIpc) is 2.58. The van der Waals surface area contributed by atoms with Gasteiger partial charge in [-0.3, -0.25) is 0 Å². The zero-order chi connectivity index (χ0) is 11.8. The number of allylic oxidation sites excluding steroid dienone is 4. The van der Waals surface area contributed by atoms with Crippen LogP contribution in [0.3, 0.4) is 0 Å². The third-order valence-electron chi connectivity index (χ3n) is 3.03. The Labute approximate surface area is 99.7 Å². The summed E-state index contributed by atoms with van der Waals surface area (Å²) in [5, 5.41) is 3.43. The van der Waals surface area contributed by atoms with E-state index in [4.69, 9.17) is 0 Å². The summed E-state index contributed by atoms with van der Waals surface area (Å²) >= 11 is 0. The van der Waals surface area contributed by atoms with Gasteiger partial charge < -0.3 is 10.2 Å². The highest BCUT2D eigenvalue weighted by atomic mass is 15.2. The Morgan fingerprint density at radius 3 is 2.88 bits per heavy atom. The maximum Gasteiger partial charge on any atom is 0.0300 e. The number of nitrogens with one attached hydrogen (secondary N) is 1. The summed E-state index contributed by atoms with van der Waals surface area (Å²) in [6.45, 7) is 12.6. The van der Waals surface area contributed by atoms with Gasteiger partial charge in [0, 0.05) is 31.8 Å². The Balaban J connectivity index is 2.56. The Morgan fingerprint density at radius 2 is 2.19 bits per heavy atom. The van der Waals surface area contributed by atoms with Gasteiger partial charge in [-0.1, -0.05) is 30.4 Å². The molecule has 1 N–H and O–H groups in total. The van der Waals surface area contributed by atoms with Gasteiger partial charge in [0.15, 0.2) is 0 Å². The molecule has 0 unspecified atom stereocenters. The number of rotatable bonds is 4. The van der Waals surface area contributed by atoms with Crippen LogP contribution in [0.1, 0.15) is 26.7 Å². The molecule has 0 saturated carbocycles. The molecule has 0 amide bonds. The molecule has 90 valence electrons. The van der Waals surface area contributed by atoms with Crippen LogP contribution in [0.25, 0.3) is 0 Å². The van der Waals surface area contributed by atoms with Crippen molar-refractivity contribution in [2.45, 2.75) is 26.7 Å². The van der Waals surface area contributed by atoms with E-state index in [0.29, 0.717) is 0 Å².